The summed E-state index contributed by atoms with van der Waals surface area (Å²) in [6.07, 6.45) is 1.35. The standard InChI is InChI=1S/C13H15BrO3/c1-3-16-13(15)8-11(9-14)17-12-7-5-4-6-10(12)2/h4-8H,3,9H2,1-2H3/b11-8-. The number of ether oxygens (including phenoxy) is 2. The van der Waals surface area contributed by atoms with E-state index in [9.17, 15) is 4.79 Å². The van der Waals surface area contributed by atoms with Gasteiger partial charge in [-0.15, -0.1) is 0 Å². The van der Waals surface area contributed by atoms with Crippen molar-refractivity contribution in [3.8, 4) is 5.75 Å². The highest BCUT2D eigenvalue weighted by atomic mass is 79.9. The minimum atomic E-state index is -0.393. The molecule has 0 aliphatic heterocycles. The van der Waals surface area contributed by atoms with Crippen LogP contribution in [0.25, 0.3) is 0 Å². The second-order valence-corrected chi connectivity index (χ2v) is 3.92. The topological polar surface area (TPSA) is 35.5 Å². The van der Waals surface area contributed by atoms with Crippen molar-refractivity contribution < 1.29 is 14.3 Å². The molecule has 92 valence electrons. The van der Waals surface area contributed by atoms with Crippen LogP contribution >= 0.6 is 15.9 Å². The zero-order chi connectivity index (χ0) is 12.7. The maximum atomic E-state index is 11.3. The molecule has 3 nitrogen and oxygen atoms in total. The van der Waals surface area contributed by atoms with Crippen LogP contribution in [0.3, 0.4) is 0 Å². The van der Waals surface area contributed by atoms with Gasteiger partial charge in [0.25, 0.3) is 0 Å². The lowest BCUT2D eigenvalue weighted by atomic mass is 10.2. The molecule has 0 aromatic heterocycles. The van der Waals surface area contributed by atoms with Crippen LogP contribution in [0.5, 0.6) is 5.75 Å². The van der Waals surface area contributed by atoms with Gasteiger partial charge in [-0.2, -0.15) is 0 Å². The first-order chi connectivity index (χ1) is 8.17. The molecule has 1 rings (SSSR count). The van der Waals surface area contributed by atoms with Crippen molar-refractivity contribution in [2.75, 3.05) is 11.9 Å². The Morgan fingerprint density at radius 1 is 1.41 bits per heavy atom. The van der Waals surface area contributed by atoms with Gasteiger partial charge >= 0.3 is 5.97 Å². The highest BCUT2D eigenvalue weighted by Crippen LogP contribution is 2.19. The predicted molar refractivity (Wildman–Crippen MR) is 70.3 cm³/mol. The van der Waals surface area contributed by atoms with Crippen molar-refractivity contribution in [1.29, 1.82) is 0 Å². The Hall–Kier alpha value is -1.29. The summed E-state index contributed by atoms with van der Waals surface area (Å²) in [5.41, 5.74) is 1.02. The summed E-state index contributed by atoms with van der Waals surface area (Å²) in [7, 11) is 0. The van der Waals surface area contributed by atoms with E-state index in [1.807, 2.05) is 31.2 Å². The Morgan fingerprint density at radius 3 is 2.71 bits per heavy atom. The van der Waals surface area contributed by atoms with Crippen molar-refractivity contribution in [2.45, 2.75) is 13.8 Å². The molecule has 0 saturated carbocycles. The largest absolute Gasteiger partial charge is 0.463 e. The number of allylic oxidation sites excluding steroid dienone is 1. The first-order valence-corrected chi connectivity index (χ1v) is 6.46. The van der Waals surface area contributed by atoms with E-state index in [0.29, 0.717) is 17.7 Å². The summed E-state index contributed by atoms with van der Waals surface area (Å²) in [5.74, 6) is 0.871. The Morgan fingerprint density at radius 2 is 2.12 bits per heavy atom. The number of hydrogen-bond donors (Lipinski definition) is 0. The maximum absolute atomic E-state index is 11.3. The number of aryl methyl sites for hydroxylation is 1. The van der Waals surface area contributed by atoms with Crippen molar-refractivity contribution in [2.24, 2.45) is 0 Å². The molecule has 0 aliphatic rings. The predicted octanol–water partition coefficient (Wildman–Crippen LogP) is 3.22. The van der Waals surface area contributed by atoms with Gasteiger partial charge in [0.15, 0.2) is 0 Å². The molecule has 1 aromatic carbocycles. The molecule has 1 aromatic rings. The molecule has 0 saturated heterocycles. The van der Waals surface area contributed by atoms with Crippen LogP contribution < -0.4 is 4.74 Å². The minimum absolute atomic E-state index is 0.356. The molecule has 0 aliphatic carbocycles. The SMILES string of the molecule is CCOC(=O)/C=C(/CBr)Oc1ccccc1C. The lowest BCUT2D eigenvalue weighted by Gasteiger charge is -2.09. The Bertz CT molecular complexity index is 413. The number of para-hydroxylation sites is 1. The average Bonchev–Trinajstić information content (AvgIpc) is 2.31. The summed E-state index contributed by atoms with van der Waals surface area (Å²) >= 11 is 3.28. The quantitative estimate of drug-likeness (QED) is 0.362. The molecule has 0 unspecified atom stereocenters. The highest BCUT2D eigenvalue weighted by Gasteiger charge is 2.05. The Balaban J connectivity index is 2.77. The highest BCUT2D eigenvalue weighted by molar-refractivity contribution is 9.09. The molecule has 0 spiro atoms. The molecule has 0 amide bonds. The lowest BCUT2D eigenvalue weighted by Crippen LogP contribution is -2.05. The number of rotatable bonds is 5. The molecule has 0 bridgehead atoms. The van der Waals surface area contributed by atoms with Gasteiger partial charge in [-0.05, 0) is 25.5 Å². The van der Waals surface area contributed by atoms with Crippen LogP contribution in [0, 0.1) is 6.92 Å². The number of esters is 1. The van der Waals surface area contributed by atoms with Crippen LogP contribution in [0.2, 0.25) is 0 Å². The Labute approximate surface area is 110 Å². The van der Waals surface area contributed by atoms with Crippen molar-refractivity contribution >= 4 is 21.9 Å². The maximum Gasteiger partial charge on any atom is 0.334 e. The second kappa shape index (κ2) is 7.12. The van der Waals surface area contributed by atoms with Crippen molar-refractivity contribution in [3.63, 3.8) is 0 Å². The van der Waals surface area contributed by atoms with Crippen LogP contribution in [0.1, 0.15) is 12.5 Å². The monoisotopic (exact) mass is 298 g/mol. The van der Waals surface area contributed by atoms with Crippen LogP contribution in [-0.4, -0.2) is 17.9 Å². The second-order valence-electron chi connectivity index (χ2n) is 3.36. The van der Waals surface area contributed by atoms with Gasteiger partial charge in [0.2, 0.25) is 0 Å². The van der Waals surface area contributed by atoms with E-state index in [1.165, 1.54) is 6.08 Å². The third-order valence-electron chi connectivity index (χ3n) is 2.03. The fourth-order valence-electron chi connectivity index (χ4n) is 1.22. The number of carbonyl (C=O) groups is 1. The first-order valence-electron chi connectivity index (χ1n) is 5.34. The summed E-state index contributed by atoms with van der Waals surface area (Å²) < 4.78 is 10.5. The number of halogens is 1. The molecule has 4 heteroatoms. The van der Waals surface area contributed by atoms with Crippen LogP contribution in [0.4, 0.5) is 0 Å². The van der Waals surface area contributed by atoms with E-state index in [4.69, 9.17) is 9.47 Å². The molecule has 0 radical (unpaired) electrons. The van der Waals surface area contributed by atoms with E-state index in [-0.39, 0.29) is 0 Å². The van der Waals surface area contributed by atoms with Crippen LogP contribution in [-0.2, 0) is 9.53 Å². The summed E-state index contributed by atoms with van der Waals surface area (Å²) in [4.78, 5) is 11.3. The number of benzene rings is 1. The minimum Gasteiger partial charge on any atom is -0.463 e. The van der Waals surface area contributed by atoms with E-state index in [2.05, 4.69) is 15.9 Å². The van der Waals surface area contributed by atoms with Gasteiger partial charge < -0.3 is 9.47 Å². The van der Waals surface area contributed by atoms with Gasteiger partial charge in [0, 0.05) is 0 Å². The molecule has 0 atom stereocenters. The first kappa shape index (κ1) is 13.8. The average molecular weight is 299 g/mol. The number of alkyl halides is 1. The normalized spacial score (nSPS) is 11.1. The molecule has 17 heavy (non-hydrogen) atoms. The fraction of sp³-hybridized carbons (Fsp3) is 0.308. The molecular formula is C13H15BrO3. The van der Waals surface area contributed by atoms with Crippen molar-refractivity contribution in [3.05, 3.63) is 41.7 Å². The van der Waals surface area contributed by atoms with E-state index >= 15 is 0 Å². The summed E-state index contributed by atoms with van der Waals surface area (Å²) in [6.45, 7) is 4.07. The number of hydrogen-bond acceptors (Lipinski definition) is 3. The van der Waals surface area contributed by atoms with E-state index in [1.54, 1.807) is 6.92 Å². The molecule has 0 heterocycles. The molecular weight excluding hydrogens is 284 g/mol. The van der Waals surface area contributed by atoms with Crippen molar-refractivity contribution in [1.82, 2.24) is 0 Å². The summed E-state index contributed by atoms with van der Waals surface area (Å²) in [5, 5.41) is 0.458. The van der Waals surface area contributed by atoms with E-state index < -0.39 is 5.97 Å². The zero-order valence-electron chi connectivity index (χ0n) is 9.90. The zero-order valence-corrected chi connectivity index (χ0v) is 11.5. The number of carbonyl (C=O) groups excluding carboxylic acids is 1. The van der Waals surface area contributed by atoms with Gasteiger partial charge in [-0.3, -0.25) is 0 Å². The molecule has 0 fully saturated rings. The van der Waals surface area contributed by atoms with Gasteiger partial charge in [0.05, 0.1) is 18.0 Å². The molecule has 0 N–H and O–H groups in total. The Kier molecular flexibility index (Phi) is 5.77. The lowest BCUT2D eigenvalue weighted by molar-refractivity contribution is -0.137. The van der Waals surface area contributed by atoms with Gasteiger partial charge in [0.1, 0.15) is 11.5 Å². The van der Waals surface area contributed by atoms with Gasteiger partial charge in [-0.25, -0.2) is 4.79 Å². The smallest absolute Gasteiger partial charge is 0.334 e. The van der Waals surface area contributed by atoms with Crippen LogP contribution in [0.15, 0.2) is 36.1 Å². The van der Waals surface area contributed by atoms with Gasteiger partial charge in [-0.1, -0.05) is 34.1 Å². The third kappa shape index (κ3) is 4.61. The summed E-state index contributed by atoms with van der Waals surface area (Å²) in [6, 6.07) is 7.63. The third-order valence-corrected chi connectivity index (χ3v) is 2.58. The fourth-order valence-corrected chi connectivity index (χ4v) is 1.50. The van der Waals surface area contributed by atoms with E-state index in [0.717, 1.165) is 11.3 Å².